The summed E-state index contributed by atoms with van der Waals surface area (Å²) >= 11 is 0. The number of rotatable bonds is 7. The second-order valence-corrected chi connectivity index (χ2v) is 8.08. The van der Waals surface area contributed by atoms with Gasteiger partial charge in [0.25, 0.3) is 5.91 Å². The van der Waals surface area contributed by atoms with Crippen molar-refractivity contribution in [2.75, 3.05) is 7.11 Å². The minimum atomic E-state index is -0.196. The van der Waals surface area contributed by atoms with Crippen molar-refractivity contribution in [2.45, 2.75) is 33.4 Å². The molecular weight excluding hydrogens is 410 g/mol. The van der Waals surface area contributed by atoms with Gasteiger partial charge in [0.1, 0.15) is 23.0 Å². The maximum absolute atomic E-state index is 13.7. The zero-order valence-corrected chi connectivity index (χ0v) is 19.5. The van der Waals surface area contributed by atoms with E-state index >= 15 is 0 Å². The molecule has 1 N–H and O–H groups in total. The van der Waals surface area contributed by atoms with E-state index in [1.54, 1.807) is 7.11 Å². The summed E-state index contributed by atoms with van der Waals surface area (Å²) in [4.78, 5) is 18.7. The molecule has 0 radical (unpaired) electrons. The predicted molar refractivity (Wildman–Crippen MR) is 132 cm³/mol. The van der Waals surface area contributed by atoms with Crippen LogP contribution in [-0.2, 0) is 6.54 Å². The van der Waals surface area contributed by atoms with Gasteiger partial charge in [-0.25, -0.2) is 4.98 Å². The summed E-state index contributed by atoms with van der Waals surface area (Å²) in [6.45, 7) is 6.68. The van der Waals surface area contributed by atoms with Crippen LogP contribution in [0.2, 0.25) is 0 Å². The molecule has 0 spiro atoms. The first-order valence-electron chi connectivity index (χ1n) is 11.2. The Labute approximate surface area is 195 Å². The number of nitrogens with one attached hydrogen (secondary N) is 1. The largest absolute Gasteiger partial charge is 0.497 e. The molecular formula is C28H29N3O2. The number of aryl methyl sites for hydroxylation is 1. The summed E-state index contributed by atoms with van der Waals surface area (Å²) < 4.78 is 7.35. The molecule has 5 nitrogen and oxygen atoms in total. The Hall–Kier alpha value is -3.86. The monoisotopic (exact) mass is 439 g/mol. The van der Waals surface area contributed by atoms with Crippen LogP contribution in [0.3, 0.4) is 0 Å². The summed E-state index contributed by atoms with van der Waals surface area (Å²) in [6, 6.07) is 25.7. The number of imidazole rings is 1. The lowest BCUT2D eigenvalue weighted by Gasteiger charge is -2.17. The minimum Gasteiger partial charge on any atom is -0.497 e. The van der Waals surface area contributed by atoms with Gasteiger partial charge in [0.05, 0.1) is 13.2 Å². The van der Waals surface area contributed by atoms with Crippen molar-refractivity contribution >= 4 is 5.91 Å². The maximum atomic E-state index is 13.7. The van der Waals surface area contributed by atoms with E-state index in [-0.39, 0.29) is 11.9 Å². The van der Waals surface area contributed by atoms with Gasteiger partial charge in [-0.3, -0.25) is 4.79 Å². The fourth-order valence-electron chi connectivity index (χ4n) is 4.05. The molecule has 168 valence electrons. The molecule has 3 aromatic carbocycles. The quantitative estimate of drug-likeness (QED) is 0.382. The van der Waals surface area contributed by atoms with E-state index in [1.807, 2.05) is 98.1 Å². The third-order valence-corrected chi connectivity index (χ3v) is 5.76. The van der Waals surface area contributed by atoms with Crippen molar-refractivity contribution in [3.8, 4) is 28.4 Å². The van der Waals surface area contributed by atoms with Gasteiger partial charge in [-0.05, 0) is 44.5 Å². The van der Waals surface area contributed by atoms with Crippen LogP contribution in [0.4, 0.5) is 0 Å². The van der Waals surface area contributed by atoms with Crippen LogP contribution in [-0.4, -0.2) is 22.6 Å². The number of carbonyl (C=O) groups is 1. The van der Waals surface area contributed by atoms with Gasteiger partial charge < -0.3 is 14.6 Å². The highest BCUT2D eigenvalue weighted by Gasteiger charge is 2.25. The van der Waals surface area contributed by atoms with Crippen molar-refractivity contribution in [2.24, 2.45) is 0 Å². The van der Waals surface area contributed by atoms with Gasteiger partial charge in [0, 0.05) is 17.7 Å². The number of aromatic nitrogens is 2. The van der Waals surface area contributed by atoms with E-state index in [4.69, 9.17) is 9.72 Å². The van der Waals surface area contributed by atoms with Crippen LogP contribution in [0.1, 0.15) is 41.5 Å². The number of nitrogens with zero attached hydrogens (tertiary/aromatic N) is 2. The molecule has 0 bridgehead atoms. The molecule has 4 rings (SSSR count). The maximum Gasteiger partial charge on any atom is 0.270 e. The molecule has 33 heavy (non-hydrogen) atoms. The van der Waals surface area contributed by atoms with E-state index in [0.717, 1.165) is 33.8 Å². The first kappa shape index (κ1) is 22.3. The van der Waals surface area contributed by atoms with Crippen molar-refractivity contribution < 1.29 is 9.53 Å². The first-order chi connectivity index (χ1) is 16.0. The fraction of sp³-hybridized carbons (Fsp3) is 0.214. The fourth-order valence-corrected chi connectivity index (χ4v) is 4.05. The lowest BCUT2D eigenvalue weighted by Crippen LogP contribution is -2.29. The second kappa shape index (κ2) is 9.74. The third-order valence-electron chi connectivity index (χ3n) is 5.76. The first-order valence-corrected chi connectivity index (χ1v) is 11.2. The Kier molecular flexibility index (Phi) is 6.59. The van der Waals surface area contributed by atoms with Gasteiger partial charge in [-0.1, -0.05) is 66.2 Å². The topological polar surface area (TPSA) is 56.2 Å². The summed E-state index contributed by atoms with van der Waals surface area (Å²) in [7, 11) is 1.64. The number of ether oxygens (including phenoxy) is 1. The molecule has 0 aliphatic heterocycles. The van der Waals surface area contributed by atoms with Crippen LogP contribution >= 0.6 is 0 Å². The van der Waals surface area contributed by atoms with Crippen molar-refractivity contribution in [3.05, 3.63) is 95.7 Å². The molecule has 1 atom stereocenters. The molecule has 1 amide bonds. The average Bonchev–Trinajstić information content (AvgIpc) is 3.24. The van der Waals surface area contributed by atoms with Crippen LogP contribution in [0.15, 0.2) is 78.9 Å². The van der Waals surface area contributed by atoms with Crippen molar-refractivity contribution in [3.63, 3.8) is 0 Å². The second-order valence-electron chi connectivity index (χ2n) is 8.08. The molecule has 1 heterocycles. The summed E-state index contributed by atoms with van der Waals surface area (Å²) in [5.74, 6) is 1.39. The van der Waals surface area contributed by atoms with Gasteiger partial charge in [-0.15, -0.1) is 0 Å². The van der Waals surface area contributed by atoms with Gasteiger partial charge in [0.15, 0.2) is 0 Å². The van der Waals surface area contributed by atoms with Gasteiger partial charge in [-0.2, -0.15) is 0 Å². The highest BCUT2D eigenvalue weighted by atomic mass is 16.5. The number of hydrogen-bond acceptors (Lipinski definition) is 3. The Morgan fingerprint density at radius 2 is 1.73 bits per heavy atom. The molecule has 0 unspecified atom stereocenters. The molecule has 5 heteroatoms. The number of carbonyl (C=O) groups excluding carboxylic acids is 1. The number of hydrogen-bond donors (Lipinski definition) is 1. The van der Waals surface area contributed by atoms with Gasteiger partial charge in [0.2, 0.25) is 0 Å². The Morgan fingerprint density at radius 1 is 1.00 bits per heavy atom. The minimum absolute atomic E-state index is 0.154. The standard InChI is InChI=1S/C28H29N3O2/c1-5-31-26(28(32)29-20(3)22-14-10-16-24(18-22)33-4)25(23-15-9-11-19(2)17-23)30-27(31)21-12-7-6-8-13-21/h6-18,20H,5H2,1-4H3,(H,29,32)/t20-/m0/s1. The zero-order chi connectivity index (χ0) is 23.4. The number of benzene rings is 3. The van der Waals surface area contributed by atoms with Crippen molar-refractivity contribution in [1.29, 1.82) is 0 Å². The van der Waals surface area contributed by atoms with Crippen LogP contribution in [0.25, 0.3) is 22.6 Å². The van der Waals surface area contributed by atoms with E-state index in [9.17, 15) is 4.79 Å². The molecule has 0 aliphatic rings. The highest BCUT2D eigenvalue weighted by molar-refractivity contribution is 5.99. The predicted octanol–water partition coefficient (Wildman–Crippen LogP) is 6.05. The summed E-state index contributed by atoms with van der Waals surface area (Å²) in [5.41, 5.74) is 5.26. The lowest BCUT2D eigenvalue weighted by molar-refractivity contribution is 0.0931. The van der Waals surface area contributed by atoms with Crippen LogP contribution in [0, 0.1) is 6.92 Å². The molecule has 0 saturated heterocycles. The molecule has 0 saturated carbocycles. The summed E-state index contributed by atoms with van der Waals surface area (Å²) in [6.07, 6.45) is 0. The van der Waals surface area contributed by atoms with E-state index in [2.05, 4.69) is 11.4 Å². The summed E-state index contributed by atoms with van der Waals surface area (Å²) in [5, 5.41) is 3.17. The third kappa shape index (κ3) is 4.67. The normalized spacial score (nSPS) is 11.8. The number of methoxy groups -OCH3 is 1. The van der Waals surface area contributed by atoms with Gasteiger partial charge >= 0.3 is 0 Å². The Balaban J connectivity index is 1.79. The molecule has 4 aromatic rings. The molecule has 1 aromatic heterocycles. The average molecular weight is 440 g/mol. The van der Waals surface area contributed by atoms with Crippen molar-refractivity contribution in [1.82, 2.24) is 14.9 Å². The van der Waals surface area contributed by atoms with Crippen LogP contribution in [0.5, 0.6) is 5.75 Å². The smallest absolute Gasteiger partial charge is 0.270 e. The van der Waals surface area contributed by atoms with E-state index in [1.165, 1.54) is 0 Å². The lowest BCUT2D eigenvalue weighted by atomic mass is 10.1. The zero-order valence-electron chi connectivity index (χ0n) is 19.5. The Bertz CT molecular complexity index is 1260. The number of amides is 1. The Morgan fingerprint density at radius 3 is 2.42 bits per heavy atom. The van der Waals surface area contributed by atoms with E-state index in [0.29, 0.717) is 17.9 Å². The SMILES string of the molecule is CCn1c(-c2ccccc2)nc(-c2cccc(C)c2)c1C(=O)N[C@@H](C)c1cccc(OC)c1. The molecule has 0 aliphatic carbocycles. The van der Waals surface area contributed by atoms with Crippen LogP contribution < -0.4 is 10.1 Å². The highest BCUT2D eigenvalue weighted by Crippen LogP contribution is 2.31. The molecule has 0 fully saturated rings. The van der Waals surface area contributed by atoms with E-state index < -0.39 is 0 Å².